The van der Waals surface area contributed by atoms with E-state index in [2.05, 4.69) is 45.4 Å². The third-order valence-electron chi connectivity index (χ3n) is 2.89. The fourth-order valence-electron chi connectivity index (χ4n) is 2.01. The molecule has 0 atom stereocenters. The van der Waals surface area contributed by atoms with Gasteiger partial charge in [0, 0.05) is 32.5 Å². The number of thiophene rings is 1. The van der Waals surface area contributed by atoms with Gasteiger partial charge in [0.15, 0.2) is 0 Å². The van der Waals surface area contributed by atoms with E-state index in [4.69, 9.17) is 17.3 Å². The second-order valence-corrected chi connectivity index (χ2v) is 6.75. The maximum absolute atomic E-state index is 6.11. The van der Waals surface area contributed by atoms with E-state index in [1.54, 1.807) is 11.3 Å². The van der Waals surface area contributed by atoms with Gasteiger partial charge in [-0.25, -0.2) is 0 Å². The van der Waals surface area contributed by atoms with E-state index in [1.807, 2.05) is 12.1 Å². The Bertz CT molecular complexity index is 556. The average Bonchev–Trinajstić information content (AvgIpc) is 2.77. The first-order valence-electron chi connectivity index (χ1n) is 6.02. The molecule has 0 spiro atoms. The number of hydrogen-bond donors (Lipinski definition) is 1. The van der Waals surface area contributed by atoms with Gasteiger partial charge in [-0.3, -0.25) is 0 Å². The first-order valence-corrected chi connectivity index (χ1v) is 8.07. The van der Waals surface area contributed by atoms with Gasteiger partial charge in [0.2, 0.25) is 0 Å². The number of halogens is 2. The minimum Gasteiger partial charge on any atom is -0.369 e. The van der Waals surface area contributed by atoms with E-state index in [-0.39, 0.29) is 0 Å². The number of hydrogen-bond acceptors (Lipinski definition) is 3. The van der Waals surface area contributed by atoms with Crippen LogP contribution in [-0.4, -0.2) is 13.6 Å². The fraction of sp³-hybridized carbons (Fsp3) is 0.286. The lowest BCUT2D eigenvalue weighted by Gasteiger charge is -2.22. The normalized spacial score (nSPS) is 10.7. The molecule has 2 aromatic rings. The van der Waals surface area contributed by atoms with Crippen LogP contribution in [0.1, 0.15) is 10.4 Å². The molecular weight excluding hydrogens is 344 g/mol. The summed E-state index contributed by atoms with van der Waals surface area (Å²) in [6.45, 7) is 1.52. The summed E-state index contributed by atoms with van der Waals surface area (Å²) in [6.07, 6.45) is 0.866. The molecule has 0 aliphatic heterocycles. The van der Waals surface area contributed by atoms with Crippen LogP contribution in [-0.2, 0) is 13.0 Å². The predicted octanol–water partition coefficient (Wildman–Crippen LogP) is 4.30. The molecule has 0 amide bonds. The summed E-state index contributed by atoms with van der Waals surface area (Å²) in [5.74, 6) is 0. The molecule has 0 aliphatic rings. The highest BCUT2D eigenvalue weighted by Gasteiger charge is 2.09. The second-order valence-electron chi connectivity index (χ2n) is 4.40. The summed E-state index contributed by atoms with van der Waals surface area (Å²) >= 11 is 11.3. The molecular formula is C14H16BrClN2S. The zero-order valence-electron chi connectivity index (χ0n) is 10.7. The number of nitrogens with two attached hydrogens (primary N) is 1. The Labute approximate surface area is 131 Å². The molecule has 2 rings (SSSR count). The summed E-state index contributed by atoms with van der Waals surface area (Å²) < 4.78 is 1.13. The fourth-order valence-corrected chi connectivity index (χ4v) is 3.68. The van der Waals surface area contributed by atoms with Crippen molar-refractivity contribution < 1.29 is 0 Å². The molecule has 19 heavy (non-hydrogen) atoms. The van der Waals surface area contributed by atoms with Crippen LogP contribution in [0.3, 0.4) is 0 Å². The lowest BCUT2D eigenvalue weighted by atomic mass is 10.1. The molecule has 2 N–H and O–H groups in total. The van der Waals surface area contributed by atoms with Gasteiger partial charge in [-0.2, -0.15) is 0 Å². The quantitative estimate of drug-likeness (QED) is 0.862. The van der Waals surface area contributed by atoms with Crippen LogP contribution < -0.4 is 10.6 Å². The lowest BCUT2D eigenvalue weighted by molar-refractivity contribution is 0.903. The Kier molecular flexibility index (Phi) is 5.28. The van der Waals surface area contributed by atoms with Crippen molar-refractivity contribution in [3.8, 4) is 0 Å². The first-order chi connectivity index (χ1) is 9.10. The van der Waals surface area contributed by atoms with Crippen molar-refractivity contribution in [1.29, 1.82) is 0 Å². The van der Waals surface area contributed by atoms with Gasteiger partial charge in [0.25, 0.3) is 0 Å². The van der Waals surface area contributed by atoms with E-state index < -0.39 is 0 Å². The van der Waals surface area contributed by atoms with Gasteiger partial charge in [0.05, 0.1) is 6.54 Å². The zero-order chi connectivity index (χ0) is 13.8. The third-order valence-corrected chi connectivity index (χ3v) is 4.80. The Balaban J connectivity index is 2.21. The number of rotatable bonds is 5. The molecule has 1 aromatic heterocycles. The van der Waals surface area contributed by atoms with Crippen LogP contribution in [0.2, 0.25) is 5.02 Å². The molecule has 0 fully saturated rings. The Morgan fingerprint density at radius 3 is 2.79 bits per heavy atom. The van der Waals surface area contributed by atoms with Crippen molar-refractivity contribution in [3.05, 3.63) is 49.6 Å². The van der Waals surface area contributed by atoms with E-state index in [0.29, 0.717) is 6.54 Å². The van der Waals surface area contributed by atoms with Crippen LogP contribution in [0.15, 0.2) is 34.1 Å². The van der Waals surface area contributed by atoms with Crippen LogP contribution >= 0.6 is 38.9 Å². The maximum atomic E-state index is 6.11. The van der Waals surface area contributed by atoms with Crippen molar-refractivity contribution >= 4 is 44.6 Å². The highest BCUT2D eigenvalue weighted by atomic mass is 79.9. The van der Waals surface area contributed by atoms with Crippen molar-refractivity contribution in [2.45, 2.75) is 13.0 Å². The van der Waals surface area contributed by atoms with E-state index in [9.17, 15) is 0 Å². The van der Waals surface area contributed by atoms with E-state index in [0.717, 1.165) is 28.1 Å². The van der Waals surface area contributed by atoms with Crippen molar-refractivity contribution in [2.24, 2.45) is 5.73 Å². The van der Waals surface area contributed by atoms with Gasteiger partial charge in [-0.15, -0.1) is 11.3 Å². The zero-order valence-corrected chi connectivity index (χ0v) is 13.9. The van der Waals surface area contributed by atoms with Crippen molar-refractivity contribution in [1.82, 2.24) is 0 Å². The summed E-state index contributed by atoms with van der Waals surface area (Å²) in [5.41, 5.74) is 8.06. The molecule has 5 heteroatoms. The third kappa shape index (κ3) is 3.96. The molecule has 102 valence electrons. The Hall–Kier alpha value is -0.550. The minimum absolute atomic E-state index is 0.646. The molecule has 2 nitrogen and oxygen atoms in total. The number of anilines is 1. The van der Waals surface area contributed by atoms with Gasteiger partial charge in [-0.05, 0) is 52.7 Å². The van der Waals surface area contributed by atoms with Gasteiger partial charge >= 0.3 is 0 Å². The second kappa shape index (κ2) is 6.75. The average molecular weight is 360 g/mol. The molecule has 0 unspecified atom stereocenters. The molecule has 0 bridgehead atoms. The largest absolute Gasteiger partial charge is 0.369 e. The van der Waals surface area contributed by atoms with Gasteiger partial charge < -0.3 is 10.6 Å². The number of nitrogens with zero attached hydrogens (tertiary/aromatic N) is 1. The summed E-state index contributed by atoms with van der Waals surface area (Å²) in [7, 11) is 2.08. The Morgan fingerprint density at radius 1 is 1.37 bits per heavy atom. The molecule has 0 aliphatic carbocycles. The summed E-state index contributed by atoms with van der Waals surface area (Å²) in [6, 6.07) is 8.14. The summed E-state index contributed by atoms with van der Waals surface area (Å²) in [4.78, 5) is 3.53. The van der Waals surface area contributed by atoms with Crippen LogP contribution in [0.25, 0.3) is 0 Å². The standard InChI is InChI=1S/C14H16BrClN2S/c1-18(8-13-6-11(15)9-19-13)14-7-12(16)3-2-10(14)4-5-17/h2-3,6-7,9H,4-5,8,17H2,1H3. The smallest absolute Gasteiger partial charge is 0.0520 e. The van der Waals surface area contributed by atoms with Gasteiger partial charge in [-0.1, -0.05) is 17.7 Å². The topological polar surface area (TPSA) is 29.3 Å². The first kappa shape index (κ1) is 14.9. The molecule has 1 heterocycles. The number of benzene rings is 1. The lowest BCUT2D eigenvalue weighted by Crippen LogP contribution is -2.18. The molecule has 0 saturated carbocycles. The molecule has 0 saturated heterocycles. The van der Waals surface area contributed by atoms with E-state index in [1.165, 1.54) is 10.4 Å². The van der Waals surface area contributed by atoms with Crippen LogP contribution in [0, 0.1) is 0 Å². The highest BCUT2D eigenvalue weighted by Crippen LogP contribution is 2.28. The van der Waals surface area contributed by atoms with Crippen LogP contribution in [0.4, 0.5) is 5.69 Å². The Morgan fingerprint density at radius 2 is 2.16 bits per heavy atom. The van der Waals surface area contributed by atoms with Crippen molar-refractivity contribution in [2.75, 3.05) is 18.5 Å². The van der Waals surface area contributed by atoms with Crippen molar-refractivity contribution in [3.63, 3.8) is 0 Å². The van der Waals surface area contributed by atoms with E-state index >= 15 is 0 Å². The van der Waals surface area contributed by atoms with Gasteiger partial charge in [0.1, 0.15) is 0 Å². The summed E-state index contributed by atoms with van der Waals surface area (Å²) in [5, 5.41) is 2.86. The van der Waals surface area contributed by atoms with Crippen LogP contribution in [0.5, 0.6) is 0 Å². The monoisotopic (exact) mass is 358 g/mol. The SMILES string of the molecule is CN(Cc1cc(Br)cs1)c1cc(Cl)ccc1CCN. The molecule has 1 aromatic carbocycles. The minimum atomic E-state index is 0.646. The maximum Gasteiger partial charge on any atom is 0.0520 e. The predicted molar refractivity (Wildman–Crippen MR) is 88.3 cm³/mol. The molecule has 0 radical (unpaired) electrons. The highest BCUT2D eigenvalue weighted by molar-refractivity contribution is 9.10.